The van der Waals surface area contributed by atoms with Gasteiger partial charge < -0.3 is 10.4 Å². The van der Waals surface area contributed by atoms with E-state index in [1.54, 1.807) is 0 Å². The molecule has 7 heteroatoms. The molecular weight excluding hydrogens is 354 g/mol. The van der Waals surface area contributed by atoms with Crippen LogP contribution in [-0.2, 0) is 13.1 Å². The molecule has 4 aromatic rings. The number of pyridine rings is 1. The van der Waals surface area contributed by atoms with E-state index in [0.29, 0.717) is 19.0 Å². The third-order valence-corrected chi connectivity index (χ3v) is 4.88. The number of carbonyl (C=O) groups is 1. The molecular formula is C21H17N5O2. The molecule has 2 aromatic heterocycles. The summed E-state index contributed by atoms with van der Waals surface area (Å²) in [5, 5.41) is 17.0. The molecule has 0 unspecified atom stereocenters. The van der Waals surface area contributed by atoms with Gasteiger partial charge >= 0.3 is 6.09 Å². The van der Waals surface area contributed by atoms with E-state index in [1.165, 1.54) is 4.90 Å². The maximum atomic E-state index is 11.2. The Hall–Kier alpha value is -3.87. The molecule has 138 valence electrons. The number of anilines is 2. The fourth-order valence-electron chi connectivity index (χ4n) is 3.52. The molecule has 1 aliphatic heterocycles. The van der Waals surface area contributed by atoms with Crippen molar-refractivity contribution in [3.05, 3.63) is 77.9 Å². The first kappa shape index (κ1) is 16.3. The number of benzene rings is 2. The Bertz CT molecular complexity index is 1190. The van der Waals surface area contributed by atoms with Crippen LogP contribution >= 0.6 is 0 Å². The average molecular weight is 371 g/mol. The molecule has 0 saturated carbocycles. The topological polar surface area (TPSA) is 82.8 Å². The quantitative estimate of drug-likeness (QED) is 0.566. The van der Waals surface area contributed by atoms with Crippen molar-refractivity contribution in [2.75, 3.05) is 5.32 Å². The molecule has 0 spiro atoms. The van der Waals surface area contributed by atoms with Gasteiger partial charge in [-0.25, -0.2) is 9.31 Å². The highest BCUT2D eigenvalue weighted by Gasteiger charge is 2.23. The predicted octanol–water partition coefficient (Wildman–Crippen LogP) is 4.13. The molecule has 0 aliphatic carbocycles. The predicted molar refractivity (Wildman–Crippen MR) is 105 cm³/mol. The molecule has 0 fully saturated rings. The Morgan fingerprint density at radius 3 is 2.61 bits per heavy atom. The van der Waals surface area contributed by atoms with Crippen molar-refractivity contribution < 1.29 is 9.90 Å². The maximum Gasteiger partial charge on any atom is 0.407 e. The molecule has 0 saturated heterocycles. The van der Waals surface area contributed by atoms with Gasteiger partial charge in [0.05, 0.1) is 5.69 Å². The highest BCUT2D eigenvalue weighted by Crippen LogP contribution is 2.27. The van der Waals surface area contributed by atoms with Gasteiger partial charge in [0, 0.05) is 24.3 Å². The molecule has 0 bridgehead atoms. The van der Waals surface area contributed by atoms with E-state index < -0.39 is 6.09 Å². The normalized spacial score (nSPS) is 12.9. The Balaban J connectivity index is 1.46. The smallest absolute Gasteiger partial charge is 0.407 e. The number of nitrogens with zero attached hydrogens (tertiary/aromatic N) is 4. The number of hydrogen-bond acceptors (Lipinski definition) is 4. The number of nitrogens with one attached hydrogen (secondary N) is 1. The molecule has 2 N–H and O–H groups in total. The Labute approximate surface area is 160 Å². The van der Waals surface area contributed by atoms with Crippen LogP contribution in [0, 0.1) is 0 Å². The number of amides is 1. The van der Waals surface area contributed by atoms with E-state index in [-0.39, 0.29) is 0 Å². The minimum Gasteiger partial charge on any atom is -0.465 e. The second-order valence-corrected chi connectivity index (χ2v) is 6.73. The van der Waals surface area contributed by atoms with Crippen LogP contribution in [-0.4, -0.2) is 30.7 Å². The SMILES string of the molecule is O=C(O)N1Cc2ccc(Nc3nc4cccc(-c5ccccc5)n4n3)cc2C1. The summed E-state index contributed by atoms with van der Waals surface area (Å²) in [4.78, 5) is 17.1. The van der Waals surface area contributed by atoms with Crippen molar-refractivity contribution in [1.29, 1.82) is 0 Å². The van der Waals surface area contributed by atoms with Crippen molar-refractivity contribution in [1.82, 2.24) is 19.5 Å². The summed E-state index contributed by atoms with van der Waals surface area (Å²) in [5.41, 5.74) is 5.65. The summed E-state index contributed by atoms with van der Waals surface area (Å²) in [6.45, 7) is 0.828. The highest BCUT2D eigenvalue weighted by molar-refractivity contribution is 5.68. The van der Waals surface area contributed by atoms with Gasteiger partial charge in [-0.05, 0) is 35.4 Å². The van der Waals surface area contributed by atoms with E-state index in [9.17, 15) is 9.90 Å². The van der Waals surface area contributed by atoms with Gasteiger partial charge in [0.2, 0.25) is 5.95 Å². The standard InChI is InChI=1S/C21H17N5O2/c27-21(28)25-12-15-9-10-17(11-16(15)13-25)22-20-23-19-8-4-7-18(26(19)24-20)14-5-2-1-3-6-14/h1-11H,12-13H2,(H,22,24)(H,27,28). The summed E-state index contributed by atoms with van der Waals surface area (Å²) in [6, 6.07) is 21.8. The highest BCUT2D eigenvalue weighted by atomic mass is 16.4. The summed E-state index contributed by atoms with van der Waals surface area (Å²) < 4.78 is 1.82. The first-order valence-electron chi connectivity index (χ1n) is 8.95. The van der Waals surface area contributed by atoms with Crippen molar-refractivity contribution >= 4 is 23.4 Å². The minimum absolute atomic E-state index is 0.400. The van der Waals surface area contributed by atoms with E-state index in [4.69, 9.17) is 0 Å². The van der Waals surface area contributed by atoms with E-state index in [1.807, 2.05) is 71.2 Å². The molecule has 0 radical (unpaired) electrons. The summed E-state index contributed by atoms with van der Waals surface area (Å²) in [7, 11) is 0. The Morgan fingerprint density at radius 1 is 0.964 bits per heavy atom. The van der Waals surface area contributed by atoms with Gasteiger partial charge in [0.15, 0.2) is 5.65 Å². The van der Waals surface area contributed by atoms with Crippen LogP contribution < -0.4 is 5.32 Å². The Kier molecular flexibility index (Phi) is 3.72. The van der Waals surface area contributed by atoms with Crippen LogP contribution in [0.4, 0.5) is 16.4 Å². The molecule has 1 amide bonds. The average Bonchev–Trinajstić information content (AvgIpc) is 3.31. The van der Waals surface area contributed by atoms with Crippen molar-refractivity contribution in [3.63, 3.8) is 0 Å². The van der Waals surface area contributed by atoms with Crippen molar-refractivity contribution in [2.45, 2.75) is 13.1 Å². The van der Waals surface area contributed by atoms with Crippen LogP contribution in [0.1, 0.15) is 11.1 Å². The number of rotatable bonds is 3. The lowest BCUT2D eigenvalue weighted by Gasteiger charge is -2.08. The van der Waals surface area contributed by atoms with E-state index in [2.05, 4.69) is 15.4 Å². The molecule has 3 heterocycles. The third kappa shape index (κ3) is 2.83. The van der Waals surface area contributed by atoms with Crippen LogP contribution in [0.3, 0.4) is 0 Å². The van der Waals surface area contributed by atoms with Crippen molar-refractivity contribution in [2.24, 2.45) is 0 Å². The fourth-order valence-corrected chi connectivity index (χ4v) is 3.52. The second kappa shape index (κ2) is 6.38. The largest absolute Gasteiger partial charge is 0.465 e. The van der Waals surface area contributed by atoms with Gasteiger partial charge in [-0.15, -0.1) is 5.10 Å². The minimum atomic E-state index is -0.902. The summed E-state index contributed by atoms with van der Waals surface area (Å²) in [5.74, 6) is 0.497. The maximum absolute atomic E-state index is 11.2. The van der Waals surface area contributed by atoms with Gasteiger partial charge in [-0.1, -0.05) is 42.5 Å². The first-order valence-corrected chi connectivity index (χ1v) is 8.95. The zero-order valence-electron chi connectivity index (χ0n) is 14.9. The van der Waals surface area contributed by atoms with E-state index >= 15 is 0 Å². The molecule has 28 heavy (non-hydrogen) atoms. The Morgan fingerprint density at radius 2 is 1.79 bits per heavy atom. The van der Waals surface area contributed by atoms with Crippen LogP contribution in [0.5, 0.6) is 0 Å². The summed E-state index contributed by atoms with van der Waals surface area (Å²) >= 11 is 0. The van der Waals surface area contributed by atoms with Crippen LogP contribution in [0.15, 0.2) is 66.7 Å². The third-order valence-electron chi connectivity index (χ3n) is 4.88. The number of fused-ring (bicyclic) bond motifs is 2. The second-order valence-electron chi connectivity index (χ2n) is 6.73. The summed E-state index contributed by atoms with van der Waals surface area (Å²) in [6.07, 6.45) is -0.902. The molecule has 2 aromatic carbocycles. The lowest BCUT2D eigenvalue weighted by Crippen LogP contribution is -2.22. The van der Waals surface area contributed by atoms with Gasteiger partial charge in [0.1, 0.15) is 0 Å². The molecule has 0 atom stereocenters. The molecule has 7 nitrogen and oxygen atoms in total. The lowest BCUT2D eigenvalue weighted by molar-refractivity contribution is 0.145. The fraction of sp³-hybridized carbons (Fsp3) is 0.0952. The first-order chi connectivity index (χ1) is 13.7. The van der Waals surface area contributed by atoms with E-state index in [0.717, 1.165) is 33.7 Å². The van der Waals surface area contributed by atoms with Gasteiger partial charge in [-0.3, -0.25) is 4.90 Å². The lowest BCUT2D eigenvalue weighted by atomic mass is 10.1. The zero-order valence-corrected chi connectivity index (χ0v) is 14.9. The molecule has 5 rings (SSSR count). The monoisotopic (exact) mass is 371 g/mol. The van der Waals surface area contributed by atoms with Gasteiger partial charge in [0.25, 0.3) is 0 Å². The van der Waals surface area contributed by atoms with Crippen LogP contribution in [0.25, 0.3) is 16.9 Å². The van der Waals surface area contributed by atoms with Crippen LogP contribution in [0.2, 0.25) is 0 Å². The number of aromatic nitrogens is 3. The number of hydrogen-bond donors (Lipinski definition) is 2. The zero-order chi connectivity index (χ0) is 19.1. The van der Waals surface area contributed by atoms with Gasteiger partial charge in [-0.2, -0.15) is 4.98 Å². The number of carboxylic acid groups (broad SMARTS) is 1. The molecule has 1 aliphatic rings. The van der Waals surface area contributed by atoms with Crippen molar-refractivity contribution in [3.8, 4) is 11.3 Å².